The summed E-state index contributed by atoms with van der Waals surface area (Å²) in [7, 11) is -0.976. The second-order valence-electron chi connectivity index (χ2n) is 4.14. The van der Waals surface area contributed by atoms with E-state index in [0.717, 1.165) is 12.7 Å². The van der Waals surface area contributed by atoms with Gasteiger partial charge in [-0.05, 0) is 6.04 Å². The van der Waals surface area contributed by atoms with Crippen molar-refractivity contribution < 1.29 is 9.53 Å². The van der Waals surface area contributed by atoms with Gasteiger partial charge in [-0.1, -0.05) is 19.6 Å². The van der Waals surface area contributed by atoms with E-state index in [0.29, 0.717) is 13.0 Å². The minimum atomic E-state index is -0.976. The number of amides is 1. The van der Waals surface area contributed by atoms with Gasteiger partial charge in [-0.2, -0.15) is 0 Å². The molecule has 0 aromatic rings. The molecule has 0 rings (SSSR count). The highest BCUT2D eigenvalue weighted by molar-refractivity contribution is 6.76. The molecule has 0 spiro atoms. The van der Waals surface area contributed by atoms with Gasteiger partial charge in [-0.3, -0.25) is 4.79 Å². The number of primary amides is 1. The summed E-state index contributed by atoms with van der Waals surface area (Å²) in [5, 5.41) is 0. The van der Waals surface area contributed by atoms with Crippen molar-refractivity contribution in [2.24, 2.45) is 5.73 Å². The van der Waals surface area contributed by atoms with Crippen molar-refractivity contribution in [2.45, 2.75) is 32.1 Å². The first-order valence-corrected chi connectivity index (χ1v) is 7.98. The van der Waals surface area contributed by atoms with Crippen LogP contribution in [0.2, 0.25) is 25.7 Å². The van der Waals surface area contributed by atoms with Crippen LogP contribution in [0.25, 0.3) is 0 Å². The lowest BCUT2D eigenvalue weighted by Crippen LogP contribution is -2.22. The quantitative estimate of drug-likeness (QED) is 0.504. The topological polar surface area (TPSA) is 52.3 Å². The highest BCUT2D eigenvalue weighted by Crippen LogP contribution is 2.07. The fraction of sp³-hybridized carbons (Fsp3) is 0.875. The first-order valence-electron chi connectivity index (χ1n) is 4.28. The Morgan fingerprint density at radius 1 is 1.33 bits per heavy atom. The molecule has 0 heterocycles. The first kappa shape index (κ1) is 11.6. The van der Waals surface area contributed by atoms with Gasteiger partial charge in [0.15, 0.2) is 0 Å². The fourth-order valence-corrected chi connectivity index (χ4v) is 1.41. The molecule has 0 atom stereocenters. The molecule has 0 aliphatic heterocycles. The highest BCUT2D eigenvalue weighted by Gasteiger charge is 2.11. The van der Waals surface area contributed by atoms with Crippen molar-refractivity contribution in [2.75, 3.05) is 13.2 Å². The molecule has 0 bridgehead atoms. The van der Waals surface area contributed by atoms with Gasteiger partial charge in [0, 0.05) is 21.1 Å². The Morgan fingerprint density at radius 2 is 1.92 bits per heavy atom. The van der Waals surface area contributed by atoms with E-state index in [-0.39, 0.29) is 5.91 Å². The maximum absolute atomic E-state index is 10.3. The summed E-state index contributed by atoms with van der Waals surface area (Å²) in [6.07, 6.45) is 0.339. The number of hydrogen-bond acceptors (Lipinski definition) is 2. The number of nitrogens with two attached hydrogens (primary N) is 1. The lowest BCUT2D eigenvalue weighted by atomic mass is 10.4. The second kappa shape index (κ2) is 5.32. The number of carbonyl (C=O) groups is 1. The highest BCUT2D eigenvalue weighted by atomic mass is 28.3. The third-order valence-electron chi connectivity index (χ3n) is 1.49. The average Bonchev–Trinajstić information content (AvgIpc) is 1.83. The van der Waals surface area contributed by atoms with E-state index < -0.39 is 8.07 Å². The van der Waals surface area contributed by atoms with Crippen LogP contribution in [0.3, 0.4) is 0 Å². The molecule has 0 unspecified atom stereocenters. The molecular weight excluding hydrogens is 170 g/mol. The molecule has 0 aromatic carbocycles. The van der Waals surface area contributed by atoms with Crippen molar-refractivity contribution in [1.82, 2.24) is 0 Å². The van der Waals surface area contributed by atoms with Crippen LogP contribution < -0.4 is 5.73 Å². The predicted octanol–water partition coefficient (Wildman–Crippen LogP) is 1.22. The van der Waals surface area contributed by atoms with Crippen molar-refractivity contribution in [3.05, 3.63) is 0 Å². The zero-order valence-corrected chi connectivity index (χ0v) is 9.22. The minimum absolute atomic E-state index is 0.289. The van der Waals surface area contributed by atoms with E-state index in [1.165, 1.54) is 0 Å². The maximum atomic E-state index is 10.3. The molecular formula is C8H19NO2Si. The van der Waals surface area contributed by atoms with E-state index in [2.05, 4.69) is 19.6 Å². The summed E-state index contributed by atoms with van der Waals surface area (Å²) < 4.78 is 5.25. The van der Waals surface area contributed by atoms with Crippen LogP contribution in [-0.2, 0) is 9.53 Å². The lowest BCUT2D eigenvalue weighted by Gasteiger charge is -2.14. The molecule has 0 saturated carbocycles. The largest absolute Gasteiger partial charge is 0.381 e. The van der Waals surface area contributed by atoms with Gasteiger partial charge in [0.05, 0.1) is 6.61 Å². The third kappa shape index (κ3) is 9.65. The number of hydrogen-bond donors (Lipinski definition) is 1. The van der Waals surface area contributed by atoms with Crippen LogP contribution in [0.4, 0.5) is 0 Å². The van der Waals surface area contributed by atoms with Gasteiger partial charge < -0.3 is 10.5 Å². The van der Waals surface area contributed by atoms with E-state index in [1.54, 1.807) is 0 Å². The zero-order chi connectivity index (χ0) is 9.61. The normalized spacial score (nSPS) is 11.6. The molecule has 2 N–H and O–H groups in total. The van der Waals surface area contributed by atoms with Gasteiger partial charge in [0.1, 0.15) is 0 Å². The predicted molar refractivity (Wildman–Crippen MR) is 52.8 cm³/mol. The Kier molecular flexibility index (Phi) is 5.16. The molecule has 1 amide bonds. The summed E-state index contributed by atoms with van der Waals surface area (Å²) in [5.41, 5.74) is 4.95. The summed E-state index contributed by atoms with van der Waals surface area (Å²) in [5.74, 6) is -0.289. The molecule has 0 saturated heterocycles. The molecule has 4 heteroatoms. The van der Waals surface area contributed by atoms with Crippen molar-refractivity contribution >= 4 is 14.0 Å². The van der Waals surface area contributed by atoms with Gasteiger partial charge >= 0.3 is 0 Å². The SMILES string of the molecule is C[Si](C)(C)CCOCCC(N)=O. The molecule has 0 aromatic heterocycles. The molecule has 72 valence electrons. The van der Waals surface area contributed by atoms with Crippen LogP contribution in [-0.4, -0.2) is 27.2 Å². The molecule has 0 aliphatic carbocycles. The van der Waals surface area contributed by atoms with Gasteiger partial charge in [0.2, 0.25) is 5.91 Å². The number of rotatable bonds is 6. The minimum Gasteiger partial charge on any atom is -0.381 e. The van der Waals surface area contributed by atoms with Crippen LogP contribution in [0.1, 0.15) is 6.42 Å². The zero-order valence-electron chi connectivity index (χ0n) is 8.22. The second-order valence-corrected chi connectivity index (χ2v) is 9.76. The van der Waals surface area contributed by atoms with E-state index in [4.69, 9.17) is 10.5 Å². The third-order valence-corrected chi connectivity index (χ3v) is 3.19. The van der Waals surface area contributed by atoms with Gasteiger partial charge in [0.25, 0.3) is 0 Å². The van der Waals surface area contributed by atoms with Gasteiger partial charge in [-0.15, -0.1) is 0 Å². The molecule has 3 nitrogen and oxygen atoms in total. The summed E-state index contributed by atoms with van der Waals surface area (Å²) in [6, 6.07) is 1.14. The van der Waals surface area contributed by atoms with E-state index in [1.807, 2.05) is 0 Å². The smallest absolute Gasteiger partial charge is 0.219 e. The Balaban J connectivity index is 3.17. The van der Waals surface area contributed by atoms with E-state index in [9.17, 15) is 4.79 Å². The standard InChI is InChI=1S/C8H19NO2Si/c1-12(2,3)7-6-11-5-4-8(9)10/h4-7H2,1-3H3,(H2,9,10). The van der Waals surface area contributed by atoms with Crippen molar-refractivity contribution in [3.8, 4) is 0 Å². The Morgan fingerprint density at radius 3 is 2.33 bits per heavy atom. The van der Waals surface area contributed by atoms with Crippen molar-refractivity contribution in [3.63, 3.8) is 0 Å². The average molecular weight is 189 g/mol. The van der Waals surface area contributed by atoms with Crippen LogP contribution in [0.15, 0.2) is 0 Å². The Hall–Kier alpha value is -0.353. The van der Waals surface area contributed by atoms with Crippen molar-refractivity contribution in [1.29, 1.82) is 0 Å². The van der Waals surface area contributed by atoms with Crippen LogP contribution >= 0.6 is 0 Å². The van der Waals surface area contributed by atoms with Gasteiger partial charge in [-0.25, -0.2) is 0 Å². The summed E-state index contributed by atoms with van der Waals surface area (Å²) in [6.45, 7) is 8.13. The van der Waals surface area contributed by atoms with Crippen LogP contribution in [0, 0.1) is 0 Å². The monoisotopic (exact) mass is 189 g/mol. The molecule has 0 fully saturated rings. The lowest BCUT2D eigenvalue weighted by molar-refractivity contribution is -0.119. The molecule has 0 radical (unpaired) electrons. The molecule has 12 heavy (non-hydrogen) atoms. The fourth-order valence-electron chi connectivity index (χ4n) is 0.653. The first-order chi connectivity index (χ1) is 5.42. The summed E-state index contributed by atoms with van der Waals surface area (Å²) in [4.78, 5) is 10.3. The Labute approximate surface area is 75.3 Å². The van der Waals surface area contributed by atoms with Crippen LogP contribution in [0.5, 0.6) is 0 Å². The number of ether oxygens (including phenoxy) is 1. The summed E-state index contributed by atoms with van der Waals surface area (Å²) >= 11 is 0. The van der Waals surface area contributed by atoms with E-state index >= 15 is 0 Å². The maximum Gasteiger partial charge on any atom is 0.219 e. The Bertz CT molecular complexity index is 142. The molecule has 0 aliphatic rings. The number of carbonyl (C=O) groups excluding carboxylic acids is 1.